The lowest BCUT2D eigenvalue weighted by molar-refractivity contribution is 0.852. The van der Waals surface area contributed by atoms with Crippen LogP contribution in [0, 0.1) is 0 Å². The molecule has 0 saturated heterocycles. The fraction of sp³-hybridized carbons (Fsp3) is 0.400. The van der Waals surface area contributed by atoms with E-state index < -0.39 is 0 Å². The highest BCUT2D eigenvalue weighted by Gasteiger charge is 1.95. The van der Waals surface area contributed by atoms with Gasteiger partial charge in [0.05, 0.1) is 6.54 Å². The molecule has 0 aliphatic heterocycles. The minimum atomic E-state index is 0.489. The summed E-state index contributed by atoms with van der Waals surface area (Å²) in [6.07, 6.45) is 2.03. The van der Waals surface area contributed by atoms with Crippen molar-refractivity contribution in [3.63, 3.8) is 0 Å². The van der Waals surface area contributed by atoms with Crippen molar-refractivity contribution in [2.45, 2.75) is 26.7 Å². The summed E-state index contributed by atoms with van der Waals surface area (Å²) >= 11 is 0. The van der Waals surface area contributed by atoms with Crippen LogP contribution in [0.1, 0.15) is 25.0 Å². The summed E-state index contributed by atoms with van der Waals surface area (Å²) in [5, 5.41) is 3.10. The number of aliphatic imine (C=N–C) groups is 1. The maximum absolute atomic E-state index is 5.73. The minimum Gasteiger partial charge on any atom is -0.370 e. The molecular weight excluding hydrogens is 222 g/mol. The van der Waals surface area contributed by atoms with Crippen molar-refractivity contribution in [3.8, 4) is 0 Å². The van der Waals surface area contributed by atoms with Gasteiger partial charge in [0.15, 0.2) is 5.96 Å². The molecule has 3 nitrogen and oxygen atoms in total. The van der Waals surface area contributed by atoms with Gasteiger partial charge < -0.3 is 11.1 Å². The monoisotopic (exact) mass is 245 g/mol. The number of hydrogen-bond acceptors (Lipinski definition) is 1. The van der Waals surface area contributed by atoms with Crippen molar-refractivity contribution in [1.29, 1.82) is 0 Å². The van der Waals surface area contributed by atoms with Crippen molar-refractivity contribution in [3.05, 3.63) is 47.5 Å². The molecule has 0 aromatic heterocycles. The van der Waals surface area contributed by atoms with Crippen LogP contribution in [0.15, 0.2) is 41.4 Å². The maximum Gasteiger partial charge on any atom is 0.188 e. The van der Waals surface area contributed by atoms with E-state index >= 15 is 0 Å². The first-order valence-corrected chi connectivity index (χ1v) is 6.37. The van der Waals surface area contributed by atoms with Crippen LogP contribution in [0.3, 0.4) is 0 Å². The van der Waals surface area contributed by atoms with Gasteiger partial charge in [-0.25, -0.2) is 4.99 Å². The molecule has 98 valence electrons. The van der Waals surface area contributed by atoms with Crippen LogP contribution in [0.5, 0.6) is 0 Å². The molecule has 0 amide bonds. The average Bonchev–Trinajstić information content (AvgIpc) is 2.37. The van der Waals surface area contributed by atoms with E-state index in [1.54, 1.807) is 0 Å². The highest BCUT2D eigenvalue weighted by atomic mass is 15.1. The van der Waals surface area contributed by atoms with E-state index in [0.29, 0.717) is 12.5 Å². The van der Waals surface area contributed by atoms with Crippen molar-refractivity contribution in [1.82, 2.24) is 5.32 Å². The van der Waals surface area contributed by atoms with Crippen LogP contribution < -0.4 is 11.1 Å². The number of nitrogens with zero attached hydrogens (tertiary/aromatic N) is 1. The third-order valence-corrected chi connectivity index (χ3v) is 2.67. The molecule has 0 atom stereocenters. The topological polar surface area (TPSA) is 50.4 Å². The predicted octanol–water partition coefficient (Wildman–Crippen LogP) is 2.27. The minimum absolute atomic E-state index is 0.489. The first-order valence-electron chi connectivity index (χ1n) is 6.37. The van der Waals surface area contributed by atoms with Crippen LogP contribution in [0.25, 0.3) is 0 Å². The molecule has 0 aliphatic carbocycles. The number of guanidine groups is 1. The summed E-state index contributed by atoms with van der Waals surface area (Å²) in [5.74, 6) is 0.489. The van der Waals surface area contributed by atoms with Gasteiger partial charge in [0, 0.05) is 6.54 Å². The Morgan fingerprint density at radius 3 is 2.44 bits per heavy atom. The third kappa shape index (κ3) is 5.53. The summed E-state index contributed by atoms with van der Waals surface area (Å²) in [4.78, 5) is 4.17. The predicted molar refractivity (Wildman–Crippen MR) is 78.8 cm³/mol. The summed E-state index contributed by atoms with van der Waals surface area (Å²) in [6, 6.07) is 8.69. The largest absolute Gasteiger partial charge is 0.370 e. The Labute approximate surface area is 110 Å². The first kappa shape index (κ1) is 14.3. The van der Waals surface area contributed by atoms with E-state index in [9.17, 15) is 0 Å². The lowest BCUT2D eigenvalue weighted by Gasteiger charge is -2.06. The molecule has 1 aromatic rings. The molecule has 0 radical (unpaired) electrons. The molecule has 0 aliphatic rings. The van der Waals surface area contributed by atoms with Crippen molar-refractivity contribution in [2.75, 3.05) is 13.1 Å². The lowest BCUT2D eigenvalue weighted by Crippen LogP contribution is -2.33. The van der Waals surface area contributed by atoms with Gasteiger partial charge >= 0.3 is 0 Å². The van der Waals surface area contributed by atoms with Crippen molar-refractivity contribution in [2.24, 2.45) is 10.7 Å². The number of nitrogens with one attached hydrogen (secondary N) is 1. The molecule has 3 N–H and O–H groups in total. The number of rotatable bonds is 6. The van der Waals surface area contributed by atoms with E-state index in [0.717, 1.165) is 25.0 Å². The molecule has 1 rings (SSSR count). The zero-order valence-corrected chi connectivity index (χ0v) is 11.4. The summed E-state index contributed by atoms with van der Waals surface area (Å²) < 4.78 is 0. The second-order valence-electron chi connectivity index (χ2n) is 4.51. The first-order chi connectivity index (χ1) is 8.61. The maximum atomic E-state index is 5.73. The molecule has 0 bridgehead atoms. The van der Waals surface area contributed by atoms with Gasteiger partial charge in [-0.05, 0) is 30.9 Å². The Bertz CT molecular complexity index is 404. The Balaban J connectivity index is 2.32. The summed E-state index contributed by atoms with van der Waals surface area (Å²) in [7, 11) is 0. The fourth-order valence-electron chi connectivity index (χ4n) is 1.55. The highest BCUT2D eigenvalue weighted by molar-refractivity contribution is 5.77. The van der Waals surface area contributed by atoms with E-state index in [4.69, 9.17) is 5.73 Å². The number of benzene rings is 1. The molecule has 0 unspecified atom stereocenters. The molecule has 0 fully saturated rings. The van der Waals surface area contributed by atoms with Gasteiger partial charge in [-0.2, -0.15) is 0 Å². The highest BCUT2D eigenvalue weighted by Crippen LogP contribution is 2.05. The molecule has 0 heterocycles. The van der Waals surface area contributed by atoms with E-state index in [-0.39, 0.29) is 0 Å². The normalized spacial score (nSPS) is 11.3. The third-order valence-electron chi connectivity index (χ3n) is 2.67. The second kappa shape index (κ2) is 7.54. The van der Waals surface area contributed by atoms with Crippen molar-refractivity contribution < 1.29 is 0 Å². The summed E-state index contributed by atoms with van der Waals surface area (Å²) in [5.41, 5.74) is 9.42. The lowest BCUT2D eigenvalue weighted by atomic mass is 10.1. The van der Waals surface area contributed by atoms with Crippen LogP contribution in [-0.2, 0) is 12.8 Å². The number of hydrogen-bond donors (Lipinski definition) is 2. The quantitative estimate of drug-likeness (QED) is 0.459. The second-order valence-corrected chi connectivity index (χ2v) is 4.51. The standard InChI is InChI=1S/C15H23N3/c1-4-13-5-7-14(8-6-13)9-10-17-15(16)18-11-12(2)3/h5-8H,2,4,9-11H2,1,3H3,(H3,16,17,18). The Morgan fingerprint density at radius 1 is 1.28 bits per heavy atom. The Hall–Kier alpha value is -1.77. The van der Waals surface area contributed by atoms with E-state index in [1.165, 1.54) is 11.1 Å². The molecular formula is C15H23N3. The molecule has 18 heavy (non-hydrogen) atoms. The number of aryl methyl sites for hydroxylation is 1. The van der Waals surface area contributed by atoms with Gasteiger partial charge in [-0.3, -0.25) is 0 Å². The van der Waals surface area contributed by atoms with Gasteiger partial charge in [0.2, 0.25) is 0 Å². The van der Waals surface area contributed by atoms with E-state index in [1.807, 2.05) is 6.92 Å². The van der Waals surface area contributed by atoms with Gasteiger partial charge in [-0.1, -0.05) is 43.3 Å². The fourth-order valence-corrected chi connectivity index (χ4v) is 1.55. The SMILES string of the molecule is C=C(C)CN=C(N)NCCc1ccc(CC)cc1. The van der Waals surface area contributed by atoms with Crippen LogP contribution in [0.2, 0.25) is 0 Å². The van der Waals surface area contributed by atoms with Gasteiger partial charge in [-0.15, -0.1) is 0 Å². The van der Waals surface area contributed by atoms with Gasteiger partial charge in [0.1, 0.15) is 0 Å². The molecule has 0 spiro atoms. The van der Waals surface area contributed by atoms with Crippen LogP contribution in [0.4, 0.5) is 0 Å². The Kier molecular flexibility index (Phi) is 5.98. The summed E-state index contributed by atoms with van der Waals surface area (Å²) in [6.45, 7) is 9.27. The smallest absolute Gasteiger partial charge is 0.188 e. The number of nitrogens with two attached hydrogens (primary N) is 1. The zero-order chi connectivity index (χ0) is 13.4. The van der Waals surface area contributed by atoms with Crippen LogP contribution >= 0.6 is 0 Å². The van der Waals surface area contributed by atoms with Gasteiger partial charge in [0.25, 0.3) is 0 Å². The zero-order valence-electron chi connectivity index (χ0n) is 11.4. The molecule has 0 saturated carbocycles. The average molecular weight is 245 g/mol. The van der Waals surface area contributed by atoms with Crippen molar-refractivity contribution >= 4 is 5.96 Å². The molecule has 1 aromatic carbocycles. The molecule has 3 heteroatoms. The van der Waals surface area contributed by atoms with Crippen LogP contribution in [-0.4, -0.2) is 19.0 Å². The van der Waals surface area contributed by atoms with E-state index in [2.05, 4.69) is 48.1 Å². The Morgan fingerprint density at radius 2 is 1.89 bits per heavy atom.